The van der Waals surface area contributed by atoms with Gasteiger partial charge in [0.2, 0.25) is 0 Å². The summed E-state index contributed by atoms with van der Waals surface area (Å²) in [5, 5.41) is 24.4. The highest BCUT2D eigenvalue weighted by atomic mass is 16.5. The van der Waals surface area contributed by atoms with Crippen LogP contribution in [0.5, 0.6) is 0 Å². The van der Waals surface area contributed by atoms with E-state index in [2.05, 4.69) is 17.9 Å². The SMILES string of the molecule is C=C(C)C(=O)O.C=C(C)C(=O)OC.OCCOCCOCCO. The van der Waals surface area contributed by atoms with Crippen molar-refractivity contribution in [2.75, 3.05) is 46.8 Å². The summed E-state index contributed by atoms with van der Waals surface area (Å²) in [7, 11) is 1.33. The van der Waals surface area contributed by atoms with Gasteiger partial charge in [0.1, 0.15) is 0 Å². The summed E-state index contributed by atoms with van der Waals surface area (Å²) in [5.74, 6) is -1.28. The molecule has 0 spiro atoms. The minimum atomic E-state index is -0.935. The smallest absolute Gasteiger partial charge is 0.332 e. The fourth-order valence-corrected chi connectivity index (χ4v) is 0.625. The standard InChI is InChI=1S/C6H14O4.C5H8O2.C4H6O2/c7-1-3-9-5-6-10-4-2-8;1-4(2)5(6)7-3;1-3(2)4(5)6/h7-8H,1-6H2;1H2,2-3H3;1H2,2H3,(H,5,6). The van der Waals surface area contributed by atoms with Crippen molar-refractivity contribution in [3.05, 3.63) is 24.3 Å². The van der Waals surface area contributed by atoms with Crippen LogP contribution in [0.4, 0.5) is 0 Å². The van der Waals surface area contributed by atoms with Crippen LogP contribution in [-0.4, -0.2) is 74.0 Å². The van der Waals surface area contributed by atoms with Crippen molar-refractivity contribution in [1.82, 2.24) is 0 Å². The van der Waals surface area contributed by atoms with Crippen LogP contribution in [-0.2, 0) is 23.8 Å². The van der Waals surface area contributed by atoms with Gasteiger partial charge >= 0.3 is 11.9 Å². The molecule has 3 N–H and O–H groups in total. The lowest BCUT2D eigenvalue weighted by atomic mass is 10.4. The molecular formula is C15H28O8. The molecule has 8 heteroatoms. The Bertz CT molecular complexity index is 318. The van der Waals surface area contributed by atoms with E-state index in [1.54, 1.807) is 6.92 Å². The molecule has 0 heterocycles. The number of ether oxygens (including phenoxy) is 3. The molecule has 8 nitrogen and oxygen atoms in total. The van der Waals surface area contributed by atoms with E-state index in [1.807, 2.05) is 0 Å². The number of hydrogen-bond acceptors (Lipinski definition) is 7. The monoisotopic (exact) mass is 336 g/mol. The average molecular weight is 336 g/mol. The van der Waals surface area contributed by atoms with Crippen LogP contribution in [0.25, 0.3) is 0 Å². The minimum absolute atomic E-state index is 0.0417. The molecule has 0 bridgehead atoms. The molecule has 0 aliphatic carbocycles. The first kappa shape index (κ1) is 26.2. The Kier molecular flexibility index (Phi) is 23.1. The number of rotatable bonds is 9. The van der Waals surface area contributed by atoms with Crippen molar-refractivity contribution >= 4 is 11.9 Å². The van der Waals surface area contributed by atoms with E-state index in [4.69, 9.17) is 24.8 Å². The number of aliphatic hydroxyl groups is 2. The number of methoxy groups -OCH3 is 1. The van der Waals surface area contributed by atoms with Crippen LogP contribution < -0.4 is 0 Å². The van der Waals surface area contributed by atoms with Crippen LogP contribution in [0.15, 0.2) is 24.3 Å². The highest BCUT2D eigenvalue weighted by molar-refractivity contribution is 5.86. The third kappa shape index (κ3) is 29.0. The maximum absolute atomic E-state index is 10.2. The zero-order chi connectivity index (χ0) is 18.7. The molecule has 136 valence electrons. The van der Waals surface area contributed by atoms with E-state index in [-0.39, 0.29) is 24.8 Å². The lowest BCUT2D eigenvalue weighted by molar-refractivity contribution is -0.136. The Morgan fingerprint density at radius 1 is 0.870 bits per heavy atom. The Hall–Kier alpha value is -1.74. The maximum Gasteiger partial charge on any atom is 0.332 e. The summed E-state index contributed by atoms with van der Waals surface area (Å²) in [6.07, 6.45) is 0. The molecule has 0 aromatic heterocycles. The minimum Gasteiger partial charge on any atom is -0.478 e. The predicted octanol–water partition coefficient (Wildman–Crippen LogP) is 0.387. The number of carboxylic acids is 1. The normalized spacial score (nSPS) is 8.74. The van der Waals surface area contributed by atoms with Crippen LogP contribution >= 0.6 is 0 Å². The van der Waals surface area contributed by atoms with Crippen molar-refractivity contribution in [3.63, 3.8) is 0 Å². The second-order valence-electron chi connectivity index (χ2n) is 4.03. The quantitative estimate of drug-likeness (QED) is 0.314. The van der Waals surface area contributed by atoms with Gasteiger partial charge in [-0.1, -0.05) is 13.2 Å². The number of aliphatic hydroxyl groups excluding tert-OH is 2. The van der Waals surface area contributed by atoms with E-state index in [0.29, 0.717) is 32.0 Å². The van der Waals surface area contributed by atoms with Gasteiger partial charge in [0.25, 0.3) is 0 Å². The molecule has 0 fully saturated rings. The molecule has 0 aromatic rings. The fraction of sp³-hybridized carbons (Fsp3) is 0.600. The molecule has 0 saturated carbocycles. The number of carboxylic acid groups (broad SMARTS) is 1. The zero-order valence-corrected chi connectivity index (χ0v) is 14.0. The molecular weight excluding hydrogens is 308 g/mol. The van der Waals surface area contributed by atoms with Gasteiger partial charge in [-0.15, -0.1) is 0 Å². The predicted molar refractivity (Wildman–Crippen MR) is 85.1 cm³/mol. The topological polar surface area (TPSA) is 123 Å². The first-order chi connectivity index (χ1) is 10.7. The van der Waals surface area contributed by atoms with E-state index < -0.39 is 5.97 Å². The number of aliphatic carboxylic acids is 1. The molecule has 0 aliphatic rings. The van der Waals surface area contributed by atoms with Crippen LogP contribution in [0, 0.1) is 0 Å². The molecule has 0 saturated heterocycles. The molecule has 0 aromatic carbocycles. The molecule has 0 unspecified atom stereocenters. The summed E-state index contributed by atoms with van der Waals surface area (Å²) >= 11 is 0. The van der Waals surface area contributed by atoms with Gasteiger partial charge in [-0.25, -0.2) is 9.59 Å². The lowest BCUT2D eigenvalue weighted by Crippen LogP contribution is -2.09. The molecule has 0 amide bonds. The first-order valence-electron chi connectivity index (χ1n) is 6.74. The molecule has 23 heavy (non-hydrogen) atoms. The van der Waals surface area contributed by atoms with E-state index in [1.165, 1.54) is 14.0 Å². The van der Waals surface area contributed by atoms with Gasteiger partial charge in [-0.3, -0.25) is 0 Å². The zero-order valence-electron chi connectivity index (χ0n) is 14.0. The van der Waals surface area contributed by atoms with E-state index >= 15 is 0 Å². The number of hydrogen-bond donors (Lipinski definition) is 3. The summed E-state index contributed by atoms with van der Waals surface area (Å²) in [4.78, 5) is 19.8. The summed E-state index contributed by atoms with van der Waals surface area (Å²) in [5.41, 5.74) is 0.609. The first-order valence-corrected chi connectivity index (χ1v) is 6.74. The summed E-state index contributed by atoms with van der Waals surface area (Å²) in [6.45, 7) is 11.3. The second-order valence-corrected chi connectivity index (χ2v) is 4.03. The number of esters is 1. The van der Waals surface area contributed by atoms with Crippen molar-refractivity contribution in [1.29, 1.82) is 0 Å². The molecule has 0 aliphatic heterocycles. The third-order valence-electron chi connectivity index (χ3n) is 1.74. The van der Waals surface area contributed by atoms with Gasteiger partial charge in [-0.2, -0.15) is 0 Å². The Balaban J connectivity index is -0.000000272. The molecule has 0 atom stereocenters. The Labute approximate surface area is 137 Å². The summed E-state index contributed by atoms with van der Waals surface area (Å²) in [6, 6.07) is 0. The molecule has 0 rings (SSSR count). The van der Waals surface area contributed by atoms with Crippen LogP contribution in [0.3, 0.4) is 0 Å². The third-order valence-corrected chi connectivity index (χ3v) is 1.74. The Morgan fingerprint density at radius 2 is 1.22 bits per heavy atom. The highest BCUT2D eigenvalue weighted by Gasteiger charge is 1.95. The molecule has 0 radical (unpaired) electrons. The average Bonchev–Trinajstić information content (AvgIpc) is 2.51. The highest BCUT2D eigenvalue weighted by Crippen LogP contribution is 1.87. The largest absolute Gasteiger partial charge is 0.478 e. The van der Waals surface area contributed by atoms with Gasteiger partial charge < -0.3 is 29.5 Å². The van der Waals surface area contributed by atoms with Crippen molar-refractivity contribution in [3.8, 4) is 0 Å². The van der Waals surface area contributed by atoms with Gasteiger partial charge in [0, 0.05) is 11.1 Å². The van der Waals surface area contributed by atoms with Crippen LogP contribution in [0.1, 0.15) is 13.8 Å². The van der Waals surface area contributed by atoms with Crippen molar-refractivity contribution < 1.29 is 39.1 Å². The fourth-order valence-electron chi connectivity index (χ4n) is 0.625. The van der Waals surface area contributed by atoms with Crippen molar-refractivity contribution in [2.24, 2.45) is 0 Å². The Morgan fingerprint density at radius 3 is 1.35 bits per heavy atom. The van der Waals surface area contributed by atoms with Crippen molar-refractivity contribution in [2.45, 2.75) is 13.8 Å². The van der Waals surface area contributed by atoms with E-state index in [0.717, 1.165) is 0 Å². The maximum atomic E-state index is 10.2. The number of carbonyl (C=O) groups excluding carboxylic acids is 1. The van der Waals surface area contributed by atoms with Gasteiger partial charge in [0.15, 0.2) is 0 Å². The lowest BCUT2D eigenvalue weighted by Gasteiger charge is -2.01. The van der Waals surface area contributed by atoms with Gasteiger partial charge in [-0.05, 0) is 13.8 Å². The second kappa shape index (κ2) is 20.3. The van der Waals surface area contributed by atoms with Crippen LogP contribution in [0.2, 0.25) is 0 Å². The van der Waals surface area contributed by atoms with Gasteiger partial charge in [0.05, 0.1) is 46.8 Å². The number of carbonyl (C=O) groups is 2. The summed E-state index contributed by atoms with van der Waals surface area (Å²) < 4.78 is 14.0. The van der Waals surface area contributed by atoms with E-state index in [9.17, 15) is 9.59 Å².